The number of carbonyl (C=O) groups excluding carboxylic acids is 1. The summed E-state index contributed by atoms with van der Waals surface area (Å²) in [5.41, 5.74) is 1.85. The first kappa shape index (κ1) is 19.9. The van der Waals surface area contributed by atoms with Crippen LogP contribution in [0.15, 0.2) is 41.3 Å². The molecule has 0 saturated heterocycles. The van der Waals surface area contributed by atoms with Crippen LogP contribution in [0.2, 0.25) is 0 Å². The maximum Gasteiger partial charge on any atom is 0.238 e. The second kappa shape index (κ2) is 8.29. The van der Waals surface area contributed by atoms with Gasteiger partial charge in [-0.05, 0) is 54.8 Å². The molecule has 0 aliphatic carbocycles. The summed E-state index contributed by atoms with van der Waals surface area (Å²) < 4.78 is 41.4. The molecular formula is C18H21FN2O4S. The van der Waals surface area contributed by atoms with Crippen molar-refractivity contribution < 1.29 is 22.3 Å². The van der Waals surface area contributed by atoms with Gasteiger partial charge in [0.1, 0.15) is 18.2 Å². The normalized spacial score (nSPS) is 11.2. The van der Waals surface area contributed by atoms with Gasteiger partial charge in [-0.25, -0.2) is 17.9 Å². The number of ether oxygens (including phenoxy) is 1. The predicted octanol–water partition coefficient (Wildman–Crippen LogP) is 1.83. The number of hydrogen-bond acceptors (Lipinski definition) is 4. The van der Waals surface area contributed by atoms with Crippen LogP contribution in [-0.4, -0.2) is 27.5 Å². The maximum atomic E-state index is 12.8. The molecule has 0 saturated carbocycles. The lowest BCUT2D eigenvalue weighted by Crippen LogP contribution is -2.29. The lowest BCUT2D eigenvalue weighted by molar-refractivity contribution is -0.120. The third-order valence-corrected chi connectivity index (χ3v) is 4.79. The van der Waals surface area contributed by atoms with Crippen molar-refractivity contribution in [1.82, 2.24) is 5.32 Å². The fourth-order valence-corrected chi connectivity index (χ4v) is 3.28. The summed E-state index contributed by atoms with van der Waals surface area (Å²) in [5, 5.41) is 7.88. The van der Waals surface area contributed by atoms with Crippen molar-refractivity contribution in [3.05, 3.63) is 58.9 Å². The zero-order valence-electron chi connectivity index (χ0n) is 14.6. The Morgan fingerprint density at radius 1 is 1.15 bits per heavy atom. The van der Waals surface area contributed by atoms with E-state index in [4.69, 9.17) is 9.88 Å². The zero-order valence-corrected chi connectivity index (χ0v) is 15.4. The first-order valence-electron chi connectivity index (χ1n) is 7.95. The Bertz CT molecular complexity index is 896. The van der Waals surface area contributed by atoms with Crippen LogP contribution in [-0.2, 0) is 21.2 Å². The largest absolute Gasteiger partial charge is 0.491 e. The minimum absolute atomic E-state index is 0.0648. The number of nitrogens with one attached hydrogen (secondary N) is 1. The van der Waals surface area contributed by atoms with E-state index in [0.717, 1.165) is 5.56 Å². The molecule has 26 heavy (non-hydrogen) atoms. The van der Waals surface area contributed by atoms with Gasteiger partial charge >= 0.3 is 0 Å². The number of benzene rings is 2. The summed E-state index contributed by atoms with van der Waals surface area (Å²) in [6.07, 6.45) is 0.154. The minimum atomic E-state index is -3.78. The zero-order chi connectivity index (χ0) is 19.3. The molecule has 3 N–H and O–H groups in total. The van der Waals surface area contributed by atoms with Crippen LogP contribution in [0.5, 0.6) is 5.75 Å². The van der Waals surface area contributed by atoms with Crippen LogP contribution >= 0.6 is 0 Å². The van der Waals surface area contributed by atoms with E-state index in [9.17, 15) is 17.6 Å². The molecule has 0 aliphatic heterocycles. The van der Waals surface area contributed by atoms with Gasteiger partial charge in [-0.2, -0.15) is 0 Å². The molecule has 8 heteroatoms. The highest BCUT2D eigenvalue weighted by atomic mass is 32.2. The van der Waals surface area contributed by atoms with Crippen molar-refractivity contribution >= 4 is 15.9 Å². The van der Waals surface area contributed by atoms with Gasteiger partial charge in [0, 0.05) is 0 Å². The first-order chi connectivity index (χ1) is 12.2. The lowest BCUT2D eigenvalue weighted by atomic mass is 10.1. The highest BCUT2D eigenvalue weighted by molar-refractivity contribution is 7.89. The van der Waals surface area contributed by atoms with Crippen LogP contribution in [0, 0.1) is 19.7 Å². The molecule has 0 bridgehead atoms. The van der Waals surface area contributed by atoms with Gasteiger partial charge in [0.05, 0.1) is 17.9 Å². The van der Waals surface area contributed by atoms with E-state index >= 15 is 0 Å². The quantitative estimate of drug-likeness (QED) is 0.716. The first-order valence-corrected chi connectivity index (χ1v) is 9.49. The number of nitrogens with two attached hydrogens (primary N) is 1. The molecule has 0 aromatic heterocycles. The SMILES string of the molecule is Cc1cc(S(N)(=O)=O)c(C)cc1OCCNC(=O)Cc1ccc(F)cc1. The fraction of sp³-hybridized carbons (Fsp3) is 0.278. The van der Waals surface area contributed by atoms with E-state index in [2.05, 4.69) is 5.32 Å². The summed E-state index contributed by atoms with van der Waals surface area (Å²) in [5.74, 6) is -0.0120. The van der Waals surface area contributed by atoms with Gasteiger partial charge in [0.25, 0.3) is 0 Å². The molecule has 0 fully saturated rings. The third kappa shape index (κ3) is 5.53. The number of rotatable bonds is 7. The summed E-state index contributed by atoms with van der Waals surface area (Å²) in [7, 11) is -3.78. The molecule has 6 nitrogen and oxygen atoms in total. The topological polar surface area (TPSA) is 98.5 Å². The van der Waals surface area contributed by atoms with Crippen LogP contribution in [0.25, 0.3) is 0 Å². The number of sulfonamides is 1. The Hall–Kier alpha value is -2.45. The van der Waals surface area contributed by atoms with Gasteiger partial charge in [-0.3, -0.25) is 4.79 Å². The van der Waals surface area contributed by atoms with E-state index in [1.54, 1.807) is 32.0 Å². The Morgan fingerprint density at radius 2 is 1.81 bits per heavy atom. The fourth-order valence-electron chi connectivity index (χ4n) is 2.43. The molecule has 2 aromatic rings. The second-order valence-electron chi connectivity index (χ2n) is 5.93. The maximum absolute atomic E-state index is 12.8. The van der Waals surface area contributed by atoms with Crippen molar-refractivity contribution in [2.75, 3.05) is 13.2 Å². The number of amides is 1. The number of primary sulfonamides is 1. The lowest BCUT2D eigenvalue weighted by Gasteiger charge is -2.13. The van der Waals surface area contributed by atoms with Gasteiger partial charge < -0.3 is 10.1 Å². The van der Waals surface area contributed by atoms with Crippen LogP contribution in [0.3, 0.4) is 0 Å². The van der Waals surface area contributed by atoms with Crippen molar-refractivity contribution in [1.29, 1.82) is 0 Å². The average Bonchev–Trinajstić information content (AvgIpc) is 2.55. The molecule has 2 rings (SSSR count). The van der Waals surface area contributed by atoms with Crippen molar-refractivity contribution in [2.24, 2.45) is 5.14 Å². The Morgan fingerprint density at radius 3 is 2.42 bits per heavy atom. The minimum Gasteiger partial charge on any atom is -0.491 e. The smallest absolute Gasteiger partial charge is 0.238 e. The van der Waals surface area contributed by atoms with Crippen molar-refractivity contribution in [3.8, 4) is 5.75 Å². The highest BCUT2D eigenvalue weighted by Crippen LogP contribution is 2.25. The Balaban J connectivity index is 1.85. The van der Waals surface area contributed by atoms with Crippen molar-refractivity contribution in [3.63, 3.8) is 0 Å². The summed E-state index contributed by atoms with van der Waals surface area (Å²) in [4.78, 5) is 11.9. The number of aryl methyl sites for hydroxylation is 2. The van der Waals surface area contributed by atoms with E-state index < -0.39 is 10.0 Å². The van der Waals surface area contributed by atoms with Crippen LogP contribution in [0.1, 0.15) is 16.7 Å². The van der Waals surface area contributed by atoms with Crippen LogP contribution in [0.4, 0.5) is 4.39 Å². The predicted molar refractivity (Wildman–Crippen MR) is 95.9 cm³/mol. The summed E-state index contributed by atoms with van der Waals surface area (Å²) >= 11 is 0. The average molecular weight is 380 g/mol. The molecule has 0 spiro atoms. The van der Waals surface area contributed by atoms with Crippen LogP contribution < -0.4 is 15.2 Å². The molecule has 0 aliphatic rings. The second-order valence-corrected chi connectivity index (χ2v) is 7.46. The standard InChI is InChI=1S/C18H21FN2O4S/c1-12-10-17(26(20,23)24)13(2)9-16(12)25-8-7-21-18(22)11-14-3-5-15(19)6-4-14/h3-6,9-10H,7-8,11H2,1-2H3,(H,21,22)(H2,20,23,24). The molecule has 0 atom stereocenters. The van der Waals surface area contributed by atoms with Gasteiger partial charge in [0.15, 0.2) is 0 Å². The highest BCUT2D eigenvalue weighted by Gasteiger charge is 2.14. The van der Waals surface area contributed by atoms with Gasteiger partial charge in [-0.1, -0.05) is 12.1 Å². The molecule has 140 valence electrons. The molecule has 0 heterocycles. The molecular weight excluding hydrogens is 359 g/mol. The Labute approximate surface area is 152 Å². The number of hydrogen-bond donors (Lipinski definition) is 2. The number of carbonyl (C=O) groups is 1. The molecule has 0 unspecified atom stereocenters. The monoisotopic (exact) mass is 380 g/mol. The van der Waals surface area contributed by atoms with E-state index in [1.807, 2.05) is 0 Å². The molecule has 1 amide bonds. The third-order valence-electron chi connectivity index (χ3n) is 3.74. The summed E-state index contributed by atoms with van der Waals surface area (Å²) in [6, 6.07) is 8.81. The van der Waals surface area contributed by atoms with Gasteiger partial charge in [0.2, 0.25) is 15.9 Å². The van der Waals surface area contributed by atoms with Gasteiger partial charge in [-0.15, -0.1) is 0 Å². The Kier molecular flexibility index (Phi) is 6.33. The number of halogens is 1. The van der Waals surface area contributed by atoms with E-state index in [-0.39, 0.29) is 36.2 Å². The van der Waals surface area contributed by atoms with E-state index in [0.29, 0.717) is 16.9 Å². The molecule has 2 aromatic carbocycles. The summed E-state index contributed by atoms with van der Waals surface area (Å²) in [6.45, 7) is 3.87. The van der Waals surface area contributed by atoms with E-state index in [1.165, 1.54) is 18.2 Å². The molecule has 0 radical (unpaired) electrons. The van der Waals surface area contributed by atoms with Crippen molar-refractivity contribution in [2.45, 2.75) is 25.2 Å².